The van der Waals surface area contributed by atoms with E-state index in [0.29, 0.717) is 4.60 Å². The molecule has 2 heterocycles. The maximum Gasteiger partial charge on any atom is 0.134 e. The summed E-state index contributed by atoms with van der Waals surface area (Å²) in [6, 6.07) is 1.94. The summed E-state index contributed by atoms with van der Waals surface area (Å²) in [5, 5.41) is 14.3. The van der Waals surface area contributed by atoms with Crippen molar-refractivity contribution in [2.45, 2.75) is 19.4 Å². The lowest BCUT2D eigenvalue weighted by Gasteiger charge is -2.04. The Morgan fingerprint density at radius 2 is 2.38 bits per heavy atom. The van der Waals surface area contributed by atoms with Gasteiger partial charge in [0.1, 0.15) is 10.7 Å². The monoisotopic (exact) mass is 301 g/mol. The molecular formula is C10H12BrN3OS. The summed E-state index contributed by atoms with van der Waals surface area (Å²) in [6.07, 6.45) is 2.04. The molecule has 1 unspecified atom stereocenters. The Balaban J connectivity index is 2.31. The summed E-state index contributed by atoms with van der Waals surface area (Å²) >= 11 is 4.67. The highest BCUT2D eigenvalue weighted by atomic mass is 79.9. The summed E-state index contributed by atoms with van der Waals surface area (Å²) < 4.78 is 6.60. The average molecular weight is 302 g/mol. The maximum atomic E-state index is 10.2. The fourth-order valence-corrected chi connectivity index (χ4v) is 2.83. The van der Waals surface area contributed by atoms with Gasteiger partial charge in [-0.3, -0.25) is 4.68 Å². The van der Waals surface area contributed by atoms with E-state index in [1.54, 1.807) is 10.9 Å². The zero-order chi connectivity index (χ0) is 11.7. The van der Waals surface area contributed by atoms with Gasteiger partial charge in [-0.05, 0) is 39.9 Å². The van der Waals surface area contributed by atoms with E-state index in [9.17, 15) is 5.11 Å². The first kappa shape index (κ1) is 11.8. The predicted octanol–water partition coefficient (Wildman–Crippen LogP) is 2.28. The molecule has 6 heteroatoms. The van der Waals surface area contributed by atoms with Gasteiger partial charge in [-0.2, -0.15) is 9.47 Å². The van der Waals surface area contributed by atoms with Gasteiger partial charge in [-0.25, -0.2) is 0 Å². The number of hydrogen-bond acceptors (Lipinski definition) is 4. The molecule has 0 fully saturated rings. The quantitative estimate of drug-likeness (QED) is 0.946. The number of aliphatic hydroxyl groups excluding tert-OH is 1. The van der Waals surface area contributed by atoms with Crippen LogP contribution in [0.3, 0.4) is 0 Å². The highest BCUT2D eigenvalue weighted by Gasteiger charge is 2.18. The van der Waals surface area contributed by atoms with E-state index in [1.807, 2.05) is 20.0 Å². The third-order valence-corrected chi connectivity index (χ3v) is 3.81. The third kappa shape index (κ3) is 2.18. The molecule has 0 aliphatic rings. The molecule has 0 aliphatic carbocycles. The second-order valence-electron chi connectivity index (χ2n) is 3.53. The molecule has 0 saturated heterocycles. The number of halogens is 1. The van der Waals surface area contributed by atoms with Gasteiger partial charge >= 0.3 is 0 Å². The number of hydrogen-bond donors (Lipinski definition) is 1. The fraction of sp³-hybridized carbons (Fsp3) is 0.400. The van der Waals surface area contributed by atoms with Crippen LogP contribution in [-0.4, -0.2) is 19.3 Å². The van der Waals surface area contributed by atoms with Crippen LogP contribution in [0.4, 0.5) is 0 Å². The second-order valence-corrected chi connectivity index (χ2v) is 5.11. The lowest BCUT2D eigenvalue weighted by molar-refractivity contribution is 0.223. The van der Waals surface area contributed by atoms with Gasteiger partial charge in [0.25, 0.3) is 0 Å². The van der Waals surface area contributed by atoms with Crippen molar-refractivity contribution in [2.75, 3.05) is 0 Å². The van der Waals surface area contributed by atoms with Crippen LogP contribution in [0.1, 0.15) is 29.2 Å². The first-order valence-electron chi connectivity index (χ1n) is 4.94. The average Bonchev–Trinajstić information content (AvgIpc) is 2.84. The number of aliphatic hydroxyl groups is 1. The minimum Gasteiger partial charge on any atom is -0.383 e. The van der Waals surface area contributed by atoms with Crippen molar-refractivity contribution in [3.63, 3.8) is 0 Å². The topological polar surface area (TPSA) is 50.9 Å². The molecule has 2 aromatic rings. The van der Waals surface area contributed by atoms with E-state index in [4.69, 9.17) is 0 Å². The minimum atomic E-state index is -0.652. The molecule has 0 aromatic carbocycles. The standard InChI is InChI=1S/C10H12BrN3OS/c1-3-6-4-8(16-13-6)9(15)7-5-14(2)12-10(7)11/h4-5,9,15H,3H2,1-2H3. The predicted molar refractivity (Wildman–Crippen MR) is 66.5 cm³/mol. The summed E-state index contributed by atoms with van der Waals surface area (Å²) in [4.78, 5) is 0.852. The van der Waals surface area contributed by atoms with Crippen LogP contribution in [0.25, 0.3) is 0 Å². The Bertz CT molecular complexity index is 494. The Hall–Kier alpha value is -0.720. The van der Waals surface area contributed by atoms with Crippen LogP contribution >= 0.6 is 27.5 Å². The van der Waals surface area contributed by atoms with Gasteiger partial charge in [0, 0.05) is 18.8 Å². The van der Waals surface area contributed by atoms with Crippen molar-refractivity contribution in [1.82, 2.24) is 14.2 Å². The Morgan fingerprint density at radius 1 is 1.62 bits per heavy atom. The van der Waals surface area contributed by atoms with E-state index in [2.05, 4.69) is 25.4 Å². The van der Waals surface area contributed by atoms with Crippen LogP contribution in [0.2, 0.25) is 0 Å². The SMILES string of the molecule is CCc1cc(C(O)c2cn(C)nc2Br)sn1. The van der Waals surface area contributed by atoms with Gasteiger partial charge in [-0.1, -0.05) is 6.92 Å². The summed E-state index contributed by atoms with van der Waals surface area (Å²) in [6.45, 7) is 2.05. The summed E-state index contributed by atoms with van der Waals surface area (Å²) in [5.41, 5.74) is 1.79. The summed E-state index contributed by atoms with van der Waals surface area (Å²) in [5.74, 6) is 0. The largest absolute Gasteiger partial charge is 0.383 e. The second kappa shape index (κ2) is 4.65. The number of rotatable bonds is 3. The van der Waals surface area contributed by atoms with E-state index in [0.717, 1.165) is 22.6 Å². The van der Waals surface area contributed by atoms with E-state index < -0.39 is 6.10 Å². The lowest BCUT2D eigenvalue weighted by Crippen LogP contribution is -1.96. The molecule has 16 heavy (non-hydrogen) atoms. The minimum absolute atomic E-state index is 0.652. The van der Waals surface area contributed by atoms with E-state index >= 15 is 0 Å². The number of nitrogens with zero attached hydrogens (tertiary/aromatic N) is 3. The fourth-order valence-electron chi connectivity index (χ4n) is 1.44. The van der Waals surface area contributed by atoms with Crippen molar-refractivity contribution < 1.29 is 5.11 Å². The van der Waals surface area contributed by atoms with Crippen LogP contribution in [-0.2, 0) is 13.5 Å². The molecule has 0 saturated carbocycles. The molecule has 1 N–H and O–H groups in total. The molecule has 0 spiro atoms. The molecule has 0 bridgehead atoms. The molecular weight excluding hydrogens is 290 g/mol. The normalized spacial score (nSPS) is 13.0. The Morgan fingerprint density at radius 3 is 2.88 bits per heavy atom. The summed E-state index contributed by atoms with van der Waals surface area (Å²) in [7, 11) is 1.82. The van der Waals surface area contributed by atoms with Gasteiger partial charge in [0.2, 0.25) is 0 Å². The van der Waals surface area contributed by atoms with Crippen molar-refractivity contribution in [1.29, 1.82) is 0 Å². The number of aryl methyl sites for hydroxylation is 2. The Labute approximate surface area is 106 Å². The molecule has 0 aliphatic heterocycles. The van der Waals surface area contributed by atoms with Gasteiger partial charge in [0.05, 0.1) is 10.6 Å². The number of aromatic nitrogens is 3. The Kier molecular flexibility index (Phi) is 3.41. The molecule has 2 aromatic heterocycles. The van der Waals surface area contributed by atoms with Crippen molar-refractivity contribution in [3.8, 4) is 0 Å². The van der Waals surface area contributed by atoms with Crippen LogP contribution in [0.5, 0.6) is 0 Å². The van der Waals surface area contributed by atoms with Crippen molar-refractivity contribution >= 4 is 27.5 Å². The third-order valence-electron chi connectivity index (χ3n) is 2.31. The first-order chi connectivity index (χ1) is 7.61. The van der Waals surface area contributed by atoms with E-state index in [-0.39, 0.29) is 0 Å². The van der Waals surface area contributed by atoms with Crippen LogP contribution in [0, 0.1) is 0 Å². The van der Waals surface area contributed by atoms with E-state index in [1.165, 1.54) is 11.5 Å². The van der Waals surface area contributed by atoms with Gasteiger partial charge < -0.3 is 5.11 Å². The smallest absolute Gasteiger partial charge is 0.134 e. The maximum absolute atomic E-state index is 10.2. The first-order valence-corrected chi connectivity index (χ1v) is 6.51. The molecule has 2 rings (SSSR count). The molecule has 0 amide bonds. The van der Waals surface area contributed by atoms with Gasteiger partial charge in [0.15, 0.2) is 0 Å². The molecule has 0 radical (unpaired) electrons. The lowest BCUT2D eigenvalue weighted by atomic mass is 10.1. The highest BCUT2D eigenvalue weighted by Crippen LogP contribution is 2.30. The zero-order valence-electron chi connectivity index (χ0n) is 9.01. The highest BCUT2D eigenvalue weighted by molar-refractivity contribution is 9.10. The van der Waals surface area contributed by atoms with Crippen molar-refractivity contribution in [2.24, 2.45) is 7.05 Å². The molecule has 1 atom stereocenters. The van der Waals surface area contributed by atoms with Gasteiger partial charge in [-0.15, -0.1) is 0 Å². The zero-order valence-corrected chi connectivity index (χ0v) is 11.4. The molecule has 4 nitrogen and oxygen atoms in total. The van der Waals surface area contributed by atoms with Crippen LogP contribution < -0.4 is 0 Å². The van der Waals surface area contributed by atoms with Crippen LogP contribution in [0.15, 0.2) is 16.9 Å². The van der Waals surface area contributed by atoms with Crippen molar-refractivity contribution in [3.05, 3.63) is 33.0 Å². The molecule has 86 valence electrons.